The van der Waals surface area contributed by atoms with Gasteiger partial charge in [-0.3, -0.25) is 14.5 Å². The number of Topliss-reactive ketones (excluding diaryl/α,β-unsaturated/α-hetero) is 1. The summed E-state index contributed by atoms with van der Waals surface area (Å²) < 4.78 is 0. The molecule has 3 aliphatic heterocycles. The molecule has 1 saturated heterocycles. The Morgan fingerprint density at radius 1 is 1.07 bits per heavy atom. The lowest BCUT2D eigenvalue weighted by molar-refractivity contribution is -0.122. The zero-order valence-corrected chi connectivity index (χ0v) is 17.8. The van der Waals surface area contributed by atoms with E-state index in [0.29, 0.717) is 25.2 Å². The van der Waals surface area contributed by atoms with Gasteiger partial charge in [-0.1, -0.05) is 44.2 Å². The fourth-order valence-electron chi connectivity index (χ4n) is 3.78. The Hall–Kier alpha value is -2.31. The molecule has 1 amide bonds. The van der Waals surface area contributed by atoms with Crippen LogP contribution in [-0.2, 0) is 14.4 Å². The minimum absolute atomic E-state index is 0.0644. The first-order valence-corrected chi connectivity index (χ1v) is 10.5. The molecule has 6 nitrogen and oxygen atoms in total. The molecule has 1 aliphatic carbocycles. The predicted octanol–water partition coefficient (Wildman–Crippen LogP) is 2.25. The number of amides is 1. The van der Waals surface area contributed by atoms with Crippen molar-refractivity contribution >= 4 is 18.0 Å². The molecule has 158 valence electrons. The van der Waals surface area contributed by atoms with E-state index in [2.05, 4.69) is 23.3 Å². The molecular formula is C23H33N3O3. The maximum absolute atomic E-state index is 12.0. The van der Waals surface area contributed by atoms with Crippen LogP contribution < -0.4 is 5.32 Å². The Morgan fingerprint density at radius 2 is 1.79 bits per heavy atom. The van der Waals surface area contributed by atoms with Gasteiger partial charge in [0.2, 0.25) is 0 Å². The molecule has 4 rings (SSSR count). The van der Waals surface area contributed by atoms with Crippen LogP contribution in [0.5, 0.6) is 0 Å². The molecule has 1 unspecified atom stereocenters. The molecule has 1 fully saturated rings. The maximum atomic E-state index is 12.0. The Balaban J connectivity index is 0.000000215. The highest BCUT2D eigenvalue weighted by molar-refractivity contribution is 5.98. The number of allylic oxidation sites excluding steroid dienone is 5. The van der Waals surface area contributed by atoms with E-state index in [-0.39, 0.29) is 11.8 Å². The Kier molecular flexibility index (Phi) is 9.22. The van der Waals surface area contributed by atoms with Crippen molar-refractivity contribution in [2.45, 2.75) is 33.1 Å². The van der Waals surface area contributed by atoms with Crippen LogP contribution in [0.25, 0.3) is 0 Å². The van der Waals surface area contributed by atoms with Gasteiger partial charge in [-0.05, 0) is 12.6 Å². The molecule has 0 aromatic carbocycles. The van der Waals surface area contributed by atoms with Crippen molar-refractivity contribution in [2.24, 2.45) is 5.92 Å². The first-order chi connectivity index (χ1) is 14.1. The van der Waals surface area contributed by atoms with E-state index in [1.165, 1.54) is 5.57 Å². The van der Waals surface area contributed by atoms with Gasteiger partial charge in [0.05, 0.1) is 6.54 Å². The SMILES string of the molecule is CC.CN1CCC2=C(C1)C1C=CC=CC=C1C(=O)N2.O=CCN1CCC(=O)CC1. The lowest BCUT2D eigenvalue weighted by Crippen LogP contribution is -2.42. The summed E-state index contributed by atoms with van der Waals surface area (Å²) in [6.07, 6.45) is 13.1. The molecule has 0 bridgehead atoms. The number of likely N-dealkylation sites (tertiary alicyclic amines) is 1. The smallest absolute Gasteiger partial charge is 0.252 e. The summed E-state index contributed by atoms with van der Waals surface area (Å²) in [5.41, 5.74) is 3.36. The monoisotopic (exact) mass is 399 g/mol. The lowest BCUT2D eigenvalue weighted by atomic mass is 9.83. The van der Waals surface area contributed by atoms with Crippen LogP contribution in [0.4, 0.5) is 0 Å². The van der Waals surface area contributed by atoms with E-state index < -0.39 is 0 Å². The number of hydrogen-bond donors (Lipinski definition) is 1. The number of fused-ring (bicyclic) bond motifs is 2. The average molecular weight is 400 g/mol. The van der Waals surface area contributed by atoms with Gasteiger partial charge in [-0.15, -0.1) is 0 Å². The molecule has 0 radical (unpaired) electrons. The van der Waals surface area contributed by atoms with Crippen molar-refractivity contribution in [1.82, 2.24) is 15.1 Å². The van der Waals surface area contributed by atoms with Gasteiger partial charge in [0.15, 0.2) is 0 Å². The number of carbonyl (C=O) groups is 3. The molecule has 4 aliphatic rings. The van der Waals surface area contributed by atoms with Crippen LogP contribution in [-0.4, -0.2) is 67.5 Å². The van der Waals surface area contributed by atoms with E-state index >= 15 is 0 Å². The second kappa shape index (κ2) is 11.6. The minimum Gasteiger partial charge on any atom is -0.326 e. The second-order valence-corrected chi connectivity index (χ2v) is 7.32. The number of nitrogens with zero attached hydrogens (tertiary/aromatic N) is 2. The molecule has 1 atom stereocenters. The number of piperidine rings is 1. The number of rotatable bonds is 2. The van der Waals surface area contributed by atoms with Crippen molar-refractivity contribution in [2.75, 3.05) is 39.8 Å². The van der Waals surface area contributed by atoms with Crippen LogP contribution in [0.3, 0.4) is 0 Å². The highest BCUT2D eigenvalue weighted by Crippen LogP contribution is 2.33. The van der Waals surface area contributed by atoms with Gasteiger partial charge in [0.25, 0.3) is 5.91 Å². The van der Waals surface area contributed by atoms with Crippen molar-refractivity contribution in [3.05, 3.63) is 47.2 Å². The number of carbonyl (C=O) groups excluding carboxylic acids is 3. The van der Waals surface area contributed by atoms with Gasteiger partial charge in [-0.2, -0.15) is 0 Å². The fourth-order valence-corrected chi connectivity index (χ4v) is 3.78. The van der Waals surface area contributed by atoms with Crippen LogP contribution in [0.2, 0.25) is 0 Å². The minimum atomic E-state index is 0.0644. The van der Waals surface area contributed by atoms with E-state index in [1.54, 1.807) is 0 Å². The van der Waals surface area contributed by atoms with Gasteiger partial charge in [-0.25, -0.2) is 0 Å². The van der Waals surface area contributed by atoms with Gasteiger partial charge < -0.3 is 15.0 Å². The van der Waals surface area contributed by atoms with Crippen molar-refractivity contribution in [1.29, 1.82) is 0 Å². The highest BCUT2D eigenvalue weighted by atomic mass is 16.2. The fraction of sp³-hybridized carbons (Fsp3) is 0.522. The van der Waals surface area contributed by atoms with E-state index in [9.17, 15) is 14.4 Å². The first-order valence-electron chi connectivity index (χ1n) is 10.5. The van der Waals surface area contributed by atoms with E-state index in [0.717, 1.165) is 50.2 Å². The normalized spacial score (nSPS) is 24.0. The highest BCUT2D eigenvalue weighted by Gasteiger charge is 2.33. The van der Waals surface area contributed by atoms with Crippen molar-refractivity contribution in [3.63, 3.8) is 0 Å². The number of hydrogen-bond acceptors (Lipinski definition) is 5. The van der Waals surface area contributed by atoms with Crippen molar-refractivity contribution < 1.29 is 14.4 Å². The van der Waals surface area contributed by atoms with Gasteiger partial charge in [0.1, 0.15) is 12.1 Å². The van der Waals surface area contributed by atoms with Gasteiger partial charge in [0, 0.05) is 62.6 Å². The summed E-state index contributed by atoms with van der Waals surface area (Å²) in [7, 11) is 2.13. The van der Waals surface area contributed by atoms with Gasteiger partial charge >= 0.3 is 0 Å². The van der Waals surface area contributed by atoms with E-state index in [4.69, 9.17) is 0 Å². The molecule has 0 saturated carbocycles. The summed E-state index contributed by atoms with van der Waals surface area (Å²) in [4.78, 5) is 37.0. The van der Waals surface area contributed by atoms with Crippen LogP contribution in [0.1, 0.15) is 33.1 Å². The van der Waals surface area contributed by atoms with Crippen LogP contribution >= 0.6 is 0 Å². The quantitative estimate of drug-likeness (QED) is 0.722. The molecule has 1 N–H and O–H groups in total. The third-order valence-corrected chi connectivity index (χ3v) is 5.36. The second-order valence-electron chi connectivity index (χ2n) is 7.32. The molecule has 6 heteroatoms. The Bertz CT molecular complexity index is 724. The largest absolute Gasteiger partial charge is 0.326 e. The average Bonchev–Trinajstić information content (AvgIpc) is 3.00. The zero-order valence-electron chi connectivity index (χ0n) is 17.8. The molecule has 0 spiro atoms. The third kappa shape index (κ3) is 6.34. The maximum Gasteiger partial charge on any atom is 0.252 e. The summed E-state index contributed by atoms with van der Waals surface area (Å²) in [6.45, 7) is 7.97. The van der Waals surface area contributed by atoms with Crippen molar-refractivity contribution in [3.8, 4) is 0 Å². The number of ketones is 1. The third-order valence-electron chi connectivity index (χ3n) is 5.36. The summed E-state index contributed by atoms with van der Waals surface area (Å²) in [6, 6.07) is 0. The molecule has 0 aromatic heterocycles. The molecule has 0 aromatic rings. The summed E-state index contributed by atoms with van der Waals surface area (Å²) in [5.74, 6) is 0.549. The number of nitrogens with one attached hydrogen (secondary N) is 1. The predicted molar refractivity (Wildman–Crippen MR) is 115 cm³/mol. The molecule has 3 heterocycles. The van der Waals surface area contributed by atoms with E-state index in [1.807, 2.05) is 43.1 Å². The number of likely N-dealkylation sites (N-methyl/N-ethyl adjacent to an activating group) is 1. The van der Waals surface area contributed by atoms with Crippen LogP contribution in [0, 0.1) is 5.92 Å². The summed E-state index contributed by atoms with van der Waals surface area (Å²) in [5, 5.41) is 3.04. The molecular weight excluding hydrogens is 366 g/mol. The van der Waals surface area contributed by atoms with Crippen LogP contribution in [0.15, 0.2) is 47.2 Å². The molecule has 29 heavy (non-hydrogen) atoms. The lowest BCUT2D eigenvalue weighted by Gasteiger charge is -2.35. The topological polar surface area (TPSA) is 69.7 Å². The number of aldehydes is 1. The first kappa shape index (κ1) is 23.0. The summed E-state index contributed by atoms with van der Waals surface area (Å²) >= 11 is 0. The Morgan fingerprint density at radius 3 is 2.48 bits per heavy atom. The standard InChI is InChI=1S/C14H16N2O.C7H11NO2.C2H6/c1-16-8-7-13-12(9-16)10-5-3-2-4-6-11(10)14(17)15-13;9-6-5-8-3-1-7(10)2-4-8;1-2/h2-6,10H,7-9H2,1H3,(H,15,17);6H,1-5H2;1-2H3. The zero-order chi connectivity index (χ0) is 21.2. The Labute approximate surface area is 174 Å².